The molecule has 1 aromatic heterocycles. The molecule has 0 radical (unpaired) electrons. The molecule has 2 saturated heterocycles. The van der Waals surface area contributed by atoms with Gasteiger partial charge in [-0.2, -0.15) is 0 Å². The number of aromatic nitrogens is 1. The average molecular weight is 651 g/mol. The molecule has 2 aromatic carbocycles. The van der Waals surface area contributed by atoms with Crippen molar-refractivity contribution in [1.29, 1.82) is 0 Å². The maximum atomic E-state index is 13.3. The molecule has 0 saturated carbocycles. The number of carbonyl (C=O) groups is 3. The van der Waals surface area contributed by atoms with Crippen LogP contribution in [0.15, 0.2) is 67.0 Å². The van der Waals surface area contributed by atoms with Crippen LogP contribution in [-0.4, -0.2) is 66.0 Å². The van der Waals surface area contributed by atoms with E-state index in [4.69, 9.17) is 0 Å². The summed E-state index contributed by atoms with van der Waals surface area (Å²) in [5.74, 6) is -0.846. The van der Waals surface area contributed by atoms with Gasteiger partial charge in [0.2, 0.25) is 0 Å². The van der Waals surface area contributed by atoms with Crippen LogP contribution >= 0.6 is 37.2 Å². The molecule has 2 aliphatic heterocycles. The van der Waals surface area contributed by atoms with Crippen LogP contribution in [0.25, 0.3) is 0 Å². The van der Waals surface area contributed by atoms with Gasteiger partial charge in [-0.25, -0.2) is 0 Å². The Bertz CT molecular complexity index is 1360. The lowest BCUT2D eigenvalue weighted by molar-refractivity contribution is 0.0882. The van der Waals surface area contributed by atoms with Gasteiger partial charge in [0.25, 0.3) is 11.8 Å². The number of aromatic hydroxyl groups is 1. The zero-order valence-electron chi connectivity index (χ0n) is 23.7. The fraction of sp³-hybridized carbons (Fsp3) is 0.355. The first-order chi connectivity index (χ1) is 19.5. The summed E-state index contributed by atoms with van der Waals surface area (Å²) in [7, 11) is 0. The van der Waals surface area contributed by atoms with Gasteiger partial charge in [-0.15, -0.1) is 37.2 Å². The van der Waals surface area contributed by atoms with E-state index in [-0.39, 0.29) is 78.2 Å². The molecule has 12 heteroatoms. The van der Waals surface area contributed by atoms with Gasteiger partial charge in [0.1, 0.15) is 5.75 Å². The molecule has 0 spiro atoms. The predicted octanol–water partition coefficient (Wildman–Crippen LogP) is 4.55. The molecule has 4 N–H and O–H groups in total. The van der Waals surface area contributed by atoms with E-state index < -0.39 is 0 Å². The Hall–Kier alpha value is -3.37. The summed E-state index contributed by atoms with van der Waals surface area (Å²) in [6.45, 7) is 3.22. The van der Waals surface area contributed by atoms with Crippen molar-refractivity contribution >= 4 is 60.5 Å². The molecular formula is C31H38Cl3N5O4. The number of anilines is 1. The van der Waals surface area contributed by atoms with Crippen LogP contribution in [-0.2, 0) is 0 Å². The summed E-state index contributed by atoms with van der Waals surface area (Å²) < 4.78 is 0. The minimum absolute atomic E-state index is 0. The second-order valence-corrected chi connectivity index (χ2v) is 10.4. The summed E-state index contributed by atoms with van der Waals surface area (Å²) in [4.78, 5) is 45.4. The minimum Gasteiger partial charge on any atom is -0.507 e. The number of benzene rings is 2. The van der Waals surface area contributed by atoms with E-state index in [9.17, 15) is 19.5 Å². The van der Waals surface area contributed by atoms with Crippen molar-refractivity contribution in [1.82, 2.24) is 20.9 Å². The Morgan fingerprint density at radius 2 is 1.37 bits per heavy atom. The third-order valence-corrected chi connectivity index (χ3v) is 7.65. The van der Waals surface area contributed by atoms with E-state index in [0.717, 1.165) is 44.6 Å². The number of nitrogens with one attached hydrogen (secondary N) is 3. The second kappa shape index (κ2) is 17.1. The SMILES string of the molecule is Cl.Cl.Cl.O=C(N[C@@H]1CCCNC[C@H]1NC(=O)c1ccncc1)c1ccc(C(=O)c2cc(N3CCCCC3)ccc2O)cc1. The smallest absolute Gasteiger partial charge is 0.251 e. The summed E-state index contributed by atoms with van der Waals surface area (Å²) in [5, 5.41) is 19.9. The third-order valence-electron chi connectivity index (χ3n) is 7.65. The van der Waals surface area contributed by atoms with Crippen molar-refractivity contribution < 1.29 is 19.5 Å². The van der Waals surface area contributed by atoms with Crippen LogP contribution in [0.3, 0.4) is 0 Å². The number of hydrogen-bond acceptors (Lipinski definition) is 7. The van der Waals surface area contributed by atoms with Crippen molar-refractivity contribution in [3.05, 3.63) is 89.2 Å². The minimum atomic E-state index is -0.294. The van der Waals surface area contributed by atoms with Crippen molar-refractivity contribution in [2.75, 3.05) is 31.1 Å². The molecule has 2 amide bonds. The maximum absolute atomic E-state index is 13.3. The number of rotatable bonds is 7. The number of nitrogens with zero attached hydrogens (tertiary/aromatic N) is 2. The van der Waals surface area contributed by atoms with E-state index in [1.165, 1.54) is 6.42 Å². The lowest BCUT2D eigenvalue weighted by Gasteiger charge is -2.29. The molecular weight excluding hydrogens is 613 g/mol. The second-order valence-electron chi connectivity index (χ2n) is 10.4. The van der Waals surface area contributed by atoms with E-state index in [0.29, 0.717) is 29.7 Å². The molecule has 0 aliphatic carbocycles. The number of ketones is 1. The third kappa shape index (κ3) is 9.06. The van der Waals surface area contributed by atoms with Gasteiger partial charge in [-0.05, 0) is 81.1 Å². The standard InChI is InChI=1S/C31H35N5O4.3ClH/c37-28-11-10-24(36-17-2-1-3-18-36)19-25(28)29(38)21-6-8-22(9-7-21)30(39)34-26-5-4-14-33-20-27(26)35-31(40)23-12-15-32-16-13-23;;;/h6-13,15-16,19,26-27,33,37H,1-5,14,17-18,20H2,(H,34,39)(H,35,40);3*1H/t26-,27-;;;/m1.../s1. The van der Waals surface area contributed by atoms with Gasteiger partial charge in [-0.1, -0.05) is 12.1 Å². The number of carbonyl (C=O) groups excluding carboxylic acids is 3. The predicted molar refractivity (Wildman–Crippen MR) is 175 cm³/mol. The number of hydrogen-bond donors (Lipinski definition) is 4. The molecule has 3 aromatic rings. The highest BCUT2D eigenvalue weighted by Gasteiger charge is 2.27. The summed E-state index contributed by atoms with van der Waals surface area (Å²) in [6, 6.07) is 14.4. The van der Waals surface area contributed by atoms with Crippen LogP contribution in [0.4, 0.5) is 5.69 Å². The molecule has 3 heterocycles. The Morgan fingerprint density at radius 1 is 0.767 bits per heavy atom. The fourth-order valence-electron chi connectivity index (χ4n) is 5.36. The van der Waals surface area contributed by atoms with Gasteiger partial charge in [0, 0.05) is 54.4 Å². The highest BCUT2D eigenvalue weighted by Crippen LogP contribution is 2.28. The van der Waals surface area contributed by atoms with Crippen LogP contribution in [0, 0.1) is 0 Å². The number of halogens is 3. The van der Waals surface area contributed by atoms with Crippen molar-refractivity contribution in [2.45, 2.75) is 44.2 Å². The number of phenolic OH excluding ortho intramolecular Hbond substituents is 1. The highest BCUT2D eigenvalue weighted by atomic mass is 35.5. The lowest BCUT2D eigenvalue weighted by Crippen LogP contribution is -2.54. The molecule has 0 bridgehead atoms. The average Bonchev–Trinajstić information content (AvgIpc) is 3.22. The molecule has 9 nitrogen and oxygen atoms in total. The van der Waals surface area contributed by atoms with Crippen LogP contribution in [0.5, 0.6) is 5.75 Å². The molecule has 5 rings (SSSR count). The molecule has 43 heavy (non-hydrogen) atoms. The first-order valence-electron chi connectivity index (χ1n) is 13.9. The van der Waals surface area contributed by atoms with Crippen molar-refractivity contribution in [3.63, 3.8) is 0 Å². The Kier molecular flexibility index (Phi) is 14.2. The molecule has 2 aliphatic rings. The highest BCUT2D eigenvalue weighted by molar-refractivity contribution is 6.11. The largest absolute Gasteiger partial charge is 0.507 e. The summed E-state index contributed by atoms with van der Waals surface area (Å²) in [6.07, 6.45) is 8.15. The fourth-order valence-corrected chi connectivity index (χ4v) is 5.36. The van der Waals surface area contributed by atoms with Crippen molar-refractivity contribution in [3.8, 4) is 5.75 Å². The maximum Gasteiger partial charge on any atom is 0.251 e. The van der Waals surface area contributed by atoms with Gasteiger partial charge < -0.3 is 26.0 Å². The Labute approximate surface area is 270 Å². The quantitative estimate of drug-likeness (QED) is 0.277. The number of pyridine rings is 1. The van der Waals surface area contributed by atoms with Crippen LogP contribution in [0.2, 0.25) is 0 Å². The van der Waals surface area contributed by atoms with Gasteiger partial charge >= 0.3 is 0 Å². The number of piperidine rings is 1. The number of phenols is 1. The van der Waals surface area contributed by atoms with Crippen LogP contribution in [0.1, 0.15) is 68.7 Å². The Morgan fingerprint density at radius 3 is 2.05 bits per heavy atom. The van der Waals surface area contributed by atoms with Crippen molar-refractivity contribution in [2.24, 2.45) is 0 Å². The normalized spacial score (nSPS) is 18.0. The van der Waals surface area contributed by atoms with Crippen LogP contribution < -0.4 is 20.9 Å². The lowest BCUT2D eigenvalue weighted by atomic mass is 9.99. The first kappa shape index (κ1) is 35.8. The molecule has 232 valence electrons. The van der Waals surface area contributed by atoms with E-state index in [1.807, 2.05) is 6.07 Å². The van der Waals surface area contributed by atoms with Gasteiger partial charge in [0.05, 0.1) is 17.6 Å². The summed E-state index contributed by atoms with van der Waals surface area (Å²) >= 11 is 0. The first-order valence-corrected chi connectivity index (χ1v) is 13.9. The van der Waals surface area contributed by atoms with Gasteiger partial charge in [-0.3, -0.25) is 19.4 Å². The van der Waals surface area contributed by atoms with E-state index in [1.54, 1.807) is 60.9 Å². The molecule has 0 unspecified atom stereocenters. The monoisotopic (exact) mass is 649 g/mol. The Balaban J connectivity index is 0.00000215. The topological polar surface area (TPSA) is 124 Å². The molecule has 2 atom stereocenters. The zero-order valence-corrected chi connectivity index (χ0v) is 26.1. The summed E-state index contributed by atoms with van der Waals surface area (Å²) in [5.41, 5.74) is 2.50. The zero-order chi connectivity index (χ0) is 27.9. The number of amides is 2. The van der Waals surface area contributed by atoms with E-state index in [2.05, 4.69) is 25.8 Å². The molecule has 2 fully saturated rings. The van der Waals surface area contributed by atoms with Gasteiger partial charge in [0.15, 0.2) is 5.78 Å². The van der Waals surface area contributed by atoms with E-state index >= 15 is 0 Å².